The van der Waals surface area contributed by atoms with Crippen molar-refractivity contribution in [3.8, 4) is 11.8 Å². The molecule has 122 valence electrons. The molecule has 0 aromatic rings. The summed E-state index contributed by atoms with van der Waals surface area (Å²) >= 11 is 0. The lowest BCUT2D eigenvalue weighted by Gasteiger charge is -2.38. The molecule has 1 rings (SSSR count). The van der Waals surface area contributed by atoms with E-state index in [0.29, 0.717) is 5.92 Å². The zero-order chi connectivity index (χ0) is 15.9. The Balaban J connectivity index is 2.67. The molecular formula is C19H36OSi. The Hall–Kier alpha value is -0.263. The molecule has 1 saturated carbocycles. The van der Waals surface area contributed by atoms with E-state index in [2.05, 4.69) is 52.6 Å². The van der Waals surface area contributed by atoms with Gasteiger partial charge in [-0.05, 0) is 43.8 Å². The zero-order valence-electron chi connectivity index (χ0n) is 15.2. The maximum atomic E-state index is 6.57. The zero-order valence-corrected chi connectivity index (χ0v) is 16.2. The fourth-order valence-corrected chi connectivity index (χ4v) is 3.80. The second-order valence-corrected chi connectivity index (χ2v) is 12.9. The van der Waals surface area contributed by atoms with Gasteiger partial charge in [-0.1, -0.05) is 65.2 Å². The molecule has 21 heavy (non-hydrogen) atoms. The van der Waals surface area contributed by atoms with Crippen molar-refractivity contribution >= 4 is 8.32 Å². The molecule has 1 aliphatic carbocycles. The summed E-state index contributed by atoms with van der Waals surface area (Å²) in [6.45, 7) is 13.9. The summed E-state index contributed by atoms with van der Waals surface area (Å²) in [5, 5.41) is 0.269. The molecular weight excluding hydrogens is 272 g/mol. The van der Waals surface area contributed by atoms with Gasteiger partial charge in [0.2, 0.25) is 0 Å². The Morgan fingerprint density at radius 3 is 2.29 bits per heavy atom. The number of hydrogen-bond acceptors (Lipinski definition) is 1. The van der Waals surface area contributed by atoms with Gasteiger partial charge in [0.05, 0.1) is 0 Å². The third kappa shape index (κ3) is 6.57. The minimum Gasteiger partial charge on any atom is -0.403 e. The maximum Gasteiger partial charge on any atom is 0.193 e. The van der Waals surface area contributed by atoms with Crippen LogP contribution >= 0.6 is 0 Å². The highest BCUT2D eigenvalue weighted by atomic mass is 28.4. The van der Waals surface area contributed by atoms with Gasteiger partial charge in [-0.2, -0.15) is 0 Å². The molecule has 2 heteroatoms. The highest BCUT2D eigenvalue weighted by molar-refractivity contribution is 6.74. The fourth-order valence-electron chi connectivity index (χ4n) is 2.55. The van der Waals surface area contributed by atoms with Crippen molar-refractivity contribution in [1.29, 1.82) is 0 Å². The van der Waals surface area contributed by atoms with E-state index < -0.39 is 8.32 Å². The summed E-state index contributed by atoms with van der Waals surface area (Å²) in [6.07, 6.45) is 10.4. The van der Waals surface area contributed by atoms with Crippen molar-refractivity contribution < 1.29 is 4.43 Å². The molecule has 0 aliphatic heterocycles. The first-order chi connectivity index (χ1) is 9.76. The van der Waals surface area contributed by atoms with Crippen LogP contribution in [0.2, 0.25) is 18.1 Å². The molecule has 1 fully saturated rings. The van der Waals surface area contributed by atoms with Crippen LogP contribution in [0, 0.1) is 17.8 Å². The van der Waals surface area contributed by atoms with Crippen LogP contribution in [-0.2, 0) is 4.43 Å². The van der Waals surface area contributed by atoms with E-state index in [1.165, 1.54) is 44.9 Å². The molecule has 0 bridgehead atoms. The van der Waals surface area contributed by atoms with E-state index in [9.17, 15) is 0 Å². The van der Waals surface area contributed by atoms with E-state index in [4.69, 9.17) is 4.43 Å². The van der Waals surface area contributed by atoms with Crippen LogP contribution < -0.4 is 0 Å². The first-order valence-electron chi connectivity index (χ1n) is 8.95. The summed E-state index contributed by atoms with van der Waals surface area (Å²) in [6, 6.07) is 0. The average molecular weight is 309 g/mol. The van der Waals surface area contributed by atoms with Crippen molar-refractivity contribution in [3.63, 3.8) is 0 Å². The van der Waals surface area contributed by atoms with Gasteiger partial charge in [-0.25, -0.2) is 0 Å². The molecule has 0 radical (unpaired) electrons. The SMILES string of the molecule is CCCCCC(C#CC1CCCC1)O[Si](C)(C)C(C)(C)C. The van der Waals surface area contributed by atoms with Crippen LogP contribution in [0.15, 0.2) is 0 Å². The van der Waals surface area contributed by atoms with E-state index >= 15 is 0 Å². The first kappa shape index (κ1) is 18.8. The van der Waals surface area contributed by atoms with Crippen molar-refractivity contribution in [2.24, 2.45) is 5.92 Å². The van der Waals surface area contributed by atoms with Crippen molar-refractivity contribution in [1.82, 2.24) is 0 Å². The quantitative estimate of drug-likeness (QED) is 0.325. The third-order valence-electron chi connectivity index (χ3n) is 5.12. The van der Waals surface area contributed by atoms with Crippen LogP contribution in [0.5, 0.6) is 0 Å². The molecule has 1 atom stereocenters. The van der Waals surface area contributed by atoms with Gasteiger partial charge in [-0.15, -0.1) is 0 Å². The summed E-state index contributed by atoms with van der Waals surface area (Å²) in [5.41, 5.74) is 0. The van der Waals surface area contributed by atoms with Crippen LogP contribution in [0.4, 0.5) is 0 Å². The number of unbranched alkanes of at least 4 members (excludes halogenated alkanes) is 2. The Labute approximate surface area is 134 Å². The molecule has 0 aromatic carbocycles. The Morgan fingerprint density at radius 2 is 1.76 bits per heavy atom. The van der Waals surface area contributed by atoms with Crippen LogP contribution in [0.3, 0.4) is 0 Å². The lowest BCUT2D eigenvalue weighted by Crippen LogP contribution is -2.43. The average Bonchev–Trinajstić information content (AvgIpc) is 2.87. The maximum absolute atomic E-state index is 6.57. The summed E-state index contributed by atoms with van der Waals surface area (Å²) in [5.74, 6) is 7.68. The van der Waals surface area contributed by atoms with Crippen LogP contribution in [0.1, 0.15) is 79.1 Å². The Morgan fingerprint density at radius 1 is 1.14 bits per heavy atom. The molecule has 0 spiro atoms. The van der Waals surface area contributed by atoms with Gasteiger partial charge < -0.3 is 4.43 Å². The smallest absolute Gasteiger partial charge is 0.193 e. The third-order valence-corrected chi connectivity index (χ3v) is 9.60. The summed E-state index contributed by atoms with van der Waals surface area (Å²) in [7, 11) is -1.71. The van der Waals surface area contributed by atoms with Gasteiger partial charge in [-0.3, -0.25) is 0 Å². The predicted molar refractivity (Wildman–Crippen MR) is 95.9 cm³/mol. The largest absolute Gasteiger partial charge is 0.403 e. The monoisotopic (exact) mass is 308 g/mol. The van der Waals surface area contributed by atoms with Gasteiger partial charge in [0.15, 0.2) is 8.32 Å². The minimum absolute atomic E-state index is 0.165. The number of rotatable bonds is 6. The lowest BCUT2D eigenvalue weighted by molar-refractivity contribution is 0.219. The second-order valence-electron chi connectivity index (χ2n) is 8.13. The molecule has 0 heterocycles. The summed E-state index contributed by atoms with van der Waals surface area (Å²) < 4.78 is 6.57. The molecule has 1 nitrogen and oxygen atoms in total. The molecule has 0 aromatic heterocycles. The van der Waals surface area contributed by atoms with Crippen LogP contribution in [0.25, 0.3) is 0 Å². The first-order valence-corrected chi connectivity index (χ1v) is 11.9. The molecule has 1 unspecified atom stereocenters. The normalized spacial score (nSPS) is 18.4. The van der Waals surface area contributed by atoms with Gasteiger partial charge >= 0.3 is 0 Å². The van der Waals surface area contributed by atoms with E-state index in [1.54, 1.807) is 0 Å². The van der Waals surface area contributed by atoms with Crippen molar-refractivity contribution in [3.05, 3.63) is 0 Å². The highest BCUT2D eigenvalue weighted by Gasteiger charge is 2.38. The highest BCUT2D eigenvalue weighted by Crippen LogP contribution is 2.37. The second kappa shape index (κ2) is 8.39. The summed E-state index contributed by atoms with van der Waals surface area (Å²) in [4.78, 5) is 0. The van der Waals surface area contributed by atoms with Crippen molar-refractivity contribution in [2.45, 2.75) is 103 Å². The van der Waals surface area contributed by atoms with E-state index in [-0.39, 0.29) is 11.1 Å². The number of hydrogen-bond donors (Lipinski definition) is 0. The fraction of sp³-hybridized carbons (Fsp3) is 0.895. The molecule has 0 amide bonds. The van der Waals surface area contributed by atoms with E-state index in [1.807, 2.05) is 0 Å². The molecule has 0 saturated heterocycles. The topological polar surface area (TPSA) is 9.23 Å². The Bertz CT molecular complexity index is 350. The van der Waals surface area contributed by atoms with E-state index in [0.717, 1.165) is 6.42 Å². The van der Waals surface area contributed by atoms with Gasteiger partial charge in [0, 0.05) is 5.92 Å². The molecule has 1 aliphatic rings. The van der Waals surface area contributed by atoms with Gasteiger partial charge in [0.1, 0.15) is 6.10 Å². The lowest BCUT2D eigenvalue weighted by atomic mass is 10.1. The van der Waals surface area contributed by atoms with Crippen molar-refractivity contribution in [2.75, 3.05) is 0 Å². The molecule has 0 N–H and O–H groups in total. The Kier molecular flexibility index (Phi) is 7.51. The van der Waals surface area contributed by atoms with Gasteiger partial charge in [0.25, 0.3) is 0 Å². The van der Waals surface area contributed by atoms with Crippen LogP contribution in [-0.4, -0.2) is 14.4 Å². The minimum atomic E-state index is -1.71. The standard InChI is InChI=1S/C19H36OSi/c1-7-8-9-14-18(16-15-17-12-10-11-13-17)20-21(5,6)19(2,3)4/h17-18H,7-14H2,1-6H3. The predicted octanol–water partition coefficient (Wildman–Crippen LogP) is 6.15.